The number of carbonyl (C=O) groups is 1. The van der Waals surface area contributed by atoms with Gasteiger partial charge in [0, 0.05) is 45.4 Å². The van der Waals surface area contributed by atoms with E-state index in [1.54, 1.807) is 6.92 Å². The van der Waals surface area contributed by atoms with Gasteiger partial charge in [-0.15, -0.1) is 0 Å². The molecule has 0 radical (unpaired) electrons. The number of nitrogens with one attached hydrogen (secondary N) is 1. The third-order valence-corrected chi connectivity index (χ3v) is 5.52. The molecule has 1 aliphatic carbocycles. The first-order chi connectivity index (χ1) is 10.6. The first-order valence-electron chi connectivity index (χ1n) is 8.87. The van der Waals surface area contributed by atoms with E-state index in [0.717, 1.165) is 51.2 Å². The average Bonchev–Trinajstić information content (AvgIpc) is 2.92. The lowest BCUT2D eigenvalue weighted by Gasteiger charge is -2.35. The van der Waals surface area contributed by atoms with Gasteiger partial charge >= 0.3 is 0 Å². The van der Waals surface area contributed by atoms with Crippen LogP contribution in [0.15, 0.2) is 0 Å². The van der Waals surface area contributed by atoms with Crippen molar-refractivity contribution < 1.29 is 14.3 Å². The second-order valence-corrected chi connectivity index (χ2v) is 7.33. The number of likely N-dealkylation sites (tertiary alicyclic amines) is 1. The Labute approximate surface area is 133 Å². The van der Waals surface area contributed by atoms with Crippen LogP contribution in [0.2, 0.25) is 0 Å². The zero-order valence-electron chi connectivity index (χ0n) is 14.0. The number of hydrogen-bond donors (Lipinski definition) is 1. The van der Waals surface area contributed by atoms with Gasteiger partial charge in [-0.2, -0.15) is 0 Å². The quantitative estimate of drug-likeness (QED) is 0.865. The summed E-state index contributed by atoms with van der Waals surface area (Å²) in [6, 6.07) is 0.502. The van der Waals surface area contributed by atoms with Gasteiger partial charge in [0.05, 0.1) is 12.7 Å². The van der Waals surface area contributed by atoms with E-state index in [-0.39, 0.29) is 17.8 Å². The standard InChI is InChI=1S/C17H30N2O3/c1-13-3-7-17(8-4-13)21-12-16(22-17)11-18-15-5-9-19(10-6-15)14(2)20/h13,15-16,18H,3-12H2,1-2H3. The van der Waals surface area contributed by atoms with Crippen molar-refractivity contribution >= 4 is 5.91 Å². The molecule has 126 valence electrons. The van der Waals surface area contributed by atoms with Gasteiger partial charge in [-0.25, -0.2) is 0 Å². The summed E-state index contributed by atoms with van der Waals surface area (Å²) >= 11 is 0. The summed E-state index contributed by atoms with van der Waals surface area (Å²) in [6.45, 7) is 7.29. The van der Waals surface area contributed by atoms with Crippen molar-refractivity contribution in [1.29, 1.82) is 0 Å². The third kappa shape index (κ3) is 3.81. The van der Waals surface area contributed by atoms with Crippen LogP contribution >= 0.6 is 0 Å². The first-order valence-corrected chi connectivity index (χ1v) is 8.87. The molecule has 3 fully saturated rings. The largest absolute Gasteiger partial charge is 0.347 e. The van der Waals surface area contributed by atoms with E-state index in [1.807, 2.05) is 4.90 Å². The average molecular weight is 310 g/mol. The number of hydrogen-bond acceptors (Lipinski definition) is 4. The maximum atomic E-state index is 11.3. The molecule has 2 saturated heterocycles. The maximum Gasteiger partial charge on any atom is 0.219 e. The normalized spacial score (nSPS) is 36.9. The first kappa shape index (κ1) is 16.2. The van der Waals surface area contributed by atoms with E-state index in [1.165, 1.54) is 12.8 Å². The Morgan fingerprint density at radius 3 is 2.55 bits per heavy atom. The summed E-state index contributed by atoms with van der Waals surface area (Å²) in [4.78, 5) is 13.3. The van der Waals surface area contributed by atoms with E-state index in [2.05, 4.69) is 12.2 Å². The van der Waals surface area contributed by atoms with Gasteiger partial charge in [0.2, 0.25) is 5.91 Å². The van der Waals surface area contributed by atoms with Crippen LogP contribution in [0.3, 0.4) is 0 Å². The minimum absolute atomic E-state index is 0.180. The maximum absolute atomic E-state index is 11.3. The van der Waals surface area contributed by atoms with Crippen molar-refractivity contribution in [1.82, 2.24) is 10.2 Å². The zero-order chi connectivity index (χ0) is 15.6. The highest BCUT2D eigenvalue weighted by molar-refractivity contribution is 5.73. The van der Waals surface area contributed by atoms with Crippen LogP contribution in [0.1, 0.15) is 52.4 Å². The molecule has 0 aromatic carbocycles. The number of ether oxygens (including phenoxy) is 2. The van der Waals surface area contributed by atoms with E-state index in [4.69, 9.17) is 9.47 Å². The Bertz CT molecular complexity index is 385. The van der Waals surface area contributed by atoms with Crippen LogP contribution in [0.25, 0.3) is 0 Å². The molecule has 5 nitrogen and oxygen atoms in total. The fourth-order valence-corrected chi connectivity index (χ4v) is 3.88. The van der Waals surface area contributed by atoms with Gasteiger partial charge in [0.1, 0.15) is 0 Å². The number of rotatable bonds is 3. The monoisotopic (exact) mass is 310 g/mol. The molecular weight excluding hydrogens is 280 g/mol. The Hall–Kier alpha value is -0.650. The molecule has 1 saturated carbocycles. The number of carbonyl (C=O) groups excluding carboxylic acids is 1. The Morgan fingerprint density at radius 1 is 1.23 bits per heavy atom. The SMILES string of the molecule is CC(=O)N1CCC(NCC2COC3(CCC(C)CC3)O2)CC1. The number of nitrogens with zero attached hydrogens (tertiary/aromatic N) is 1. The highest BCUT2D eigenvalue weighted by atomic mass is 16.7. The van der Waals surface area contributed by atoms with Crippen LogP contribution < -0.4 is 5.32 Å². The topological polar surface area (TPSA) is 50.8 Å². The molecule has 1 amide bonds. The highest BCUT2D eigenvalue weighted by Gasteiger charge is 2.43. The molecule has 1 atom stereocenters. The lowest BCUT2D eigenvalue weighted by atomic mass is 9.86. The Morgan fingerprint density at radius 2 is 1.91 bits per heavy atom. The molecule has 0 bridgehead atoms. The predicted octanol–water partition coefficient (Wildman–Crippen LogP) is 1.91. The lowest BCUT2D eigenvalue weighted by Crippen LogP contribution is -2.46. The molecular formula is C17H30N2O3. The fraction of sp³-hybridized carbons (Fsp3) is 0.941. The summed E-state index contributed by atoms with van der Waals surface area (Å²) < 4.78 is 12.3. The van der Waals surface area contributed by atoms with E-state index >= 15 is 0 Å². The van der Waals surface area contributed by atoms with Crippen LogP contribution in [0, 0.1) is 5.92 Å². The van der Waals surface area contributed by atoms with E-state index < -0.39 is 0 Å². The fourth-order valence-electron chi connectivity index (χ4n) is 3.88. The summed E-state index contributed by atoms with van der Waals surface area (Å²) in [5.74, 6) is 0.720. The highest BCUT2D eigenvalue weighted by Crippen LogP contribution is 2.39. The molecule has 0 aromatic rings. The van der Waals surface area contributed by atoms with Gasteiger partial charge in [-0.05, 0) is 31.6 Å². The summed E-state index contributed by atoms with van der Waals surface area (Å²) in [5, 5.41) is 3.61. The predicted molar refractivity (Wildman–Crippen MR) is 84.5 cm³/mol. The molecule has 1 spiro atoms. The van der Waals surface area contributed by atoms with Crippen molar-refractivity contribution in [3.05, 3.63) is 0 Å². The van der Waals surface area contributed by atoms with Crippen molar-refractivity contribution in [2.75, 3.05) is 26.2 Å². The van der Waals surface area contributed by atoms with Gasteiger partial charge < -0.3 is 19.7 Å². The van der Waals surface area contributed by atoms with Crippen LogP contribution in [0.5, 0.6) is 0 Å². The minimum Gasteiger partial charge on any atom is -0.347 e. The zero-order valence-corrected chi connectivity index (χ0v) is 14.0. The molecule has 1 N–H and O–H groups in total. The lowest BCUT2D eigenvalue weighted by molar-refractivity contribution is -0.191. The summed E-state index contributed by atoms with van der Waals surface area (Å²) in [6.07, 6.45) is 6.77. The van der Waals surface area contributed by atoms with E-state index in [9.17, 15) is 4.79 Å². The van der Waals surface area contributed by atoms with Crippen molar-refractivity contribution in [3.8, 4) is 0 Å². The van der Waals surface area contributed by atoms with Crippen LogP contribution in [-0.4, -0.2) is 55.0 Å². The second-order valence-electron chi connectivity index (χ2n) is 7.33. The van der Waals surface area contributed by atoms with Crippen molar-refractivity contribution in [3.63, 3.8) is 0 Å². The van der Waals surface area contributed by atoms with Crippen LogP contribution in [0.4, 0.5) is 0 Å². The van der Waals surface area contributed by atoms with Crippen molar-refractivity contribution in [2.24, 2.45) is 5.92 Å². The Balaban J connectivity index is 1.38. The molecule has 0 aromatic heterocycles. The second kappa shape index (κ2) is 6.85. The molecule has 1 unspecified atom stereocenters. The van der Waals surface area contributed by atoms with Crippen molar-refractivity contribution in [2.45, 2.75) is 70.3 Å². The molecule has 5 heteroatoms. The molecule has 3 rings (SSSR count). The van der Waals surface area contributed by atoms with Gasteiger partial charge in [-0.1, -0.05) is 6.92 Å². The minimum atomic E-state index is -0.281. The molecule has 2 heterocycles. The summed E-state index contributed by atoms with van der Waals surface area (Å²) in [7, 11) is 0. The number of amides is 1. The van der Waals surface area contributed by atoms with Gasteiger partial charge in [0.15, 0.2) is 5.79 Å². The summed E-state index contributed by atoms with van der Waals surface area (Å²) in [5.41, 5.74) is 0. The van der Waals surface area contributed by atoms with E-state index in [0.29, 0.717) is 12.6 Å². The number of piperidine rings is 1. The smallest absolute Gasteiger partial charge is 0.219 e. The third-order valence-electron chi connectivity index (χ3n) is 5.52. The van der Waals surface area contributed by atoms with Gasteiger partial charge in [0.25, 0.3) is 0 Å². The molecule has 22 heavy (non-hydrogen) atoms. The molecule has 3 aliphatic rings. The van der Waals surface area contributed by atoms with Gasteiger partial charge in [-0.3, -0.25) is 4.79 Å². The van der Waals surface area contributed by atoms with Crippen LogP contribution in [-0.2, 0) is 14.3 Å². The Kier molecular flexibility index (Phi) is 5.05. The molecule has 2 aliphatic heterocycles.